The largest absolute Gasteiger partial charge is 0.476 e. The van der Waals surface area contributed by atoms with Crippen LogP contribution in [0.25, 0.3) is 0 Å². The van der Waals surface area contributed by atoms with E-state index in [1.165, 1.54) is 28.5 Å². The van der Waals surface area contributed by atoms with Crippen LogP contribution in [0.1, 0.15) is 28.3 Å². The van der Waals surface area contributed by atoms with E-state index in [1.54, 1.807) is 4.90 Å². The number of nitrogens with one attached hydrogen (secondary N) is 1. The van der Waals surface area contributed by atoms with Crippen molar-refractivity contribution in [1.29, 1.82) is 0 Å². The molecule has 0 bridgehead atoms. The molecule has 3 heterocycles. The summed E-state index contributed by atoms with van der Waals surface area (Å²) in [6.07, 6.45) is 1.27. The highest BCUT2D eigenvalue weighted by Gasteiger charge is 2.57. The number of carbonyl (C=O) groups is 3. The summed E-state index contributed by atoms with van der Waals surface area (Å²) in [6, 6.07) is 7.54. The van der Waals surface area contributed by atoms with Crippen LogP contribution in [-0.2, 0) is 16.0 Å². The highest BCUT2D eigenvalue weighted by atomic mass is 32.2. The van der Waals surface area contributed by atoms with E-state index in [0.717, 1.165) is 10.6 Å². The molecule has 2 aliphatic heterocycles. The normalized spacial score (nSPS) is 20.8. The lowest BCUT2D eigenvalue weighted by molar-refractivity contribution is -0.124. The molecule has 9 heteroatoms. The number of benzene rings is 1. The van der Waals surface area contributed by atoms with E-state index >= 15 is 0 Å². The molecule has 2 amide bonds. The molecule has 0 spiro atoms. The number of aromatic nitrogens is 1. The van der Waals surface area contributed by atoms with Gasteiger partial charge in [0.1, 0.15) is 0 Å². The molecule has 26 heavy (non-hydrogen) atoms. The number of rotatable bonds is 5. The van der Waals surface area contributed by atoms with Crippen molar-refractivity contribution >= 4 is 46.6 Å². The predicted molar refractivity (Wildman–Crippen MR) is 97.5 cm³/mol. The van der Waals surface area contributed by atoms with Crippen LogP contribution >= 0.6 is 23.1 Å². The molecule has 2 aromatic rings. The number of carboxylic acid groups (broad SMARTS) is 1. The summed E-state index contributed by atoms with van der Waals surface area (Å²) in [4.78, 5) is 41.8. The van der Waals surface area contributed by atoms with Crippen LogP contribution < -0.4 is 10.2 Å². The second-order valence-corrected chi connectivity index (χ2v) is 8.28. The predicted octanol–water partition coefficient (Wildman–Crippen LogP) is 2.13. The first-order valence-electron chi connectivity index (χ1n) is 8.08. The van der Waals surface area contributed by atoms with Gasteiger partial charge in [0, 0.05) is 29.7 Å². The zero-order valence-corrected chi connectivity index (χ0v) is 15.2. The van der Waals surface area contributed by atoms with Crippen molar-refractivity contribution in [3.63, 3.8) is 0 Å². The van der Waals surface area contributed by atoms with Gasteiger partial charge < -0.3 is 10.4 Å². The highest BCUT2D eigenvalue weighted by molar-refractivity contribution is 8.02. The number of aromatic carboxylic acids is 1. The number of hydrogen-bond donors (Lipinski definition) is 2. The second-order valence-electron chi connectivity index (χ2n) is 6.02. The van der Waals surface area contributed by atoms with Gasteiger partial charge >= 0.3 is 5.97 Å². The van der Waals surface area contributed by atoms with Gasteiger partial charge in [0.05, 0.1) is 10.7 Å². The van der Waals surface area contributed by atoms with Gasteiger partial charge in [-0.05, 0) is 18.6 Å². The van der Waals surface area contributed by atoms with Crippen LogP contribution in [0.2, 0.25) is 0 Å². The molecule has 1 saturated heterocycles. The molecule has 4 rings (SSSR count). The fraction of sp³-hybridized carbons (Fsp3) is 0.294. The number of hydrogen-bond acceptors (Lipinski definition) is 6. The molecule has 0 saturated carbocycles. The summed E-state index contributed by atoms with van der Waals surface area (Å²) in [5.41, 5.74) is 0.811. The minimum atomic E-state index is -1.06. The quantitative estimate of drug-likeness (QED) is 0.813. The summed E-state index contributed by atoms with van der Waals surface area (Å²) < 4.78 is 0. The Bertz CT molecular complexity index is 913. The van der Waals surface area contributed by atoms with E-state index in [4.69, 9.17) is 5.11 Å². The third-order valence-electron chi connectivity index (χ3n) is 4.42. The number of thiazole rings is 1. The first-order chi connectivity index (χ1) is 12.5. The molecule has 0 aliphatic carbocycles. The Morgan fingerprint density at radius 2 is 2.15 bits per heavy atom. The zero-order valence-electron chi connectivity index (χ0n) is 13.6. The van der Waals surface area contributed by atoms with Gasteiger partial charge in [0.25, 0.3) is 5.91 Å². The summed E-state index contributed by atoms with van der Waals surface area (Å²) >= 11 is 2.68. The van der Waals surface area contributed by atoms with Crippen molar-refractivity contribution in [2.45, 2.75) is 29.0 Å². The Labute approximate surface area is 157 Å². The standard InChI is InChI=1S/C17H15N3O4S2/c21-14-5-7-17(20(14)11-3-1-2-4-12(11)26-17)16(24)18-8-6-13-19-10(9-25-13)15(22)23/h1-4,9H,5-8H2,(H,18,24)(H,22,23). The van der Waals surface area contributed by atoms with Crippen molar-refractivity contribution in [2.24, 2.45) is 0 Å². The summed E-state index contributed by atoms with van der Waals surface area (Å²) in [6.45, 7) is 0.339. The van der Waals surface area contributed by atoms with Crippen LogP contribution in [-0.4, -0.2) is 39.3 Å². The van der Waals surface area contributed by atoms with Gasteiger partial charge in [-0.2, -0.15) is 0 Å². The molecule has 2 N–H and O–H groups in total. The van der Waals surface area contributed by atoms with Crippen LogP contribution in [0, 0.1) is 0 Å². The molecule has 7 nitrogen and oxygen atoms in total. The first-order valence-corrected chi connectivity index (χ1v) is 9.78. The van der Waals surface area contributed by atoms with Gasteiger partial charge in [0.15, 0.2) is 10.6 Å². The third-order valence-corrected chi connectivity index (χ3v) is 6.81. The summed E-state index contributed by atoms with van der Waals surface area (Å²) in [5.74, 6) is -1.29. The Hall–Kier alpha value is -2.39. The van der Waals surface area contributed by atoms with Crippen molar-refractivity contribution < 1.29 is 19.5 Å². The van der Waals surface area contributed by atoms with Crippen molar-refractivity contribution in [2.75, 3.05) is 11.4 Å². The number of para-hydroxylation sites is 1. The van der Waals surface area contributed by atoms with E-state index in [0.29, 0.717) is 30.8 Å². The first kappa shape index (κ1) is 17.0. The number of thioether (sulfide) groups is 1. The maximum atomic E-state index is 12.9. The summed E-state index contributed by atoms with van der Waals surface area (Å²) in [7, 11) is 0. The Morgan fingerprint density at radius 3 is 2.92 bits per heavy atom. The van der Waals surface area contributed by atoms with Crippen LogP contribution in [0.5, 0.6) is 0 Å². The second kappa shape index (κ2) is 6.40. The molecule has 0 radical (unpaired) electrons. The number of amides is 2. The van der Waals surface area contributed by atoms with Crippen molar-refractivity contribution in [3.8, 4) is 0 Å². The van der Waals surface area contributed by atoms with Crippen LogP contribution in [0.3, 0.4) is 0 Å². The Kier molecular flexibility index (Phi) is 4.20. The summed E-state index contributed by atoms with van der Waals surface area (Å²) in [5, 5.41) is 13.9. The van der Waals surface area contributed by atoms with E-state index in [9.17, 15) is 14.4 Å². The highest BCUT2D eigenvalue weighted by Crippen LogP contribution is 2.55. The third kappa shape index (κ3) is 2.67. The Morgan fingerprint density at radius 1 is 1.35 bits per heavy atom. The Balaban J connectivity index is 1.46. The molecule has 1 atom stereocenters. The topological polar surface area (TPSA) is 99.6 Å². The fourth-order valence-corrected chi connectivity index (χ4v) is 5.45. The number of carbonyl (C=O) groups excluding carboxylic acids is 2. The van der Waals surface area contributed by atoms with Gasteiger partial charge in [-0.15, -0.1) is 11.3 Å². The van der Waals surface area contributed by atoms with E-state index < -0.39 is 10.8 Å². The SMILES string of the molecule is O=C(O)c1csc(CCNC(=O)C23CCC(=O)N2c2ccccc2S3)n1. The maximum Gasteiger partial charge on any atom is 0.355 e. The van der Waals surface area contributed by atoms with Gasteiger partial charge in [0.2, 0.25) is 5.91 Å². The average Bonchev–Trinajstić information content (AvgIpc) is 3.29. The van der Waals surface area contributed by atoms with Crippen molar-refractivity contribution in [3.05, 3.63) is 40.3 Å². The molecule has 1 aromatic carbocycles. The molecule has 1 aromatic heterocycles. The molecular formula is C17H15N3O4S2. The number of fused-ring (bicyclic) bond motifs is 3. The monoisotopic (exact) mass is 389 g/mol. The zero-order chi connectivity index (χ0) is 18.3. The average molecular weight is 389 g/mol. The minimum absolute atomic E-state index is 0.0179. The van der Waals surface area contributed by atoms with Crippen molar-refractivity contribution in [1.82, 2.24) is 10.3 Å². The number of anilines is 1. The molecule has 2 aliphatic rings. The minimum Gasteiger partial charge on any atom is -0.476 e. The van der Waals surface area contributed by atoms with E-state index in [2.05, 4.69) is 10.3 Å². The molecular weight excluding hydrogens is 374 g/mol. The van der Waals surface area contributed by atoms with E-state index in [-0.39, 0.29) is 17.5 Å². The maximum absolute atomic E-state index is 12.9. The van der Waals surface area contributed by atoms with Gasteiger partial charge in [-0.3, -0.25) is 14.5 Å². The van der Waals surface area contributed by atoms with Gasteiger partial charge in [-0.25, -0.2) is 9.78 Å². The lowest BCUT2D eigenvalue weighted by Crippen LogP contribution is -2.52. The van der Waals surface area contributed by atoms with E-state index in [1.807, 2.05) is 24.3 Å². The lowest BCUT2D eigenvalue weighted by atomic mass is 10.2. The molecule has 1 fully saturated rings. The number of nitrogens with zero attached hydrogens (tertiary/aromatic N) is 2. The van der Waals surface area contributed by atoms with Crippen LogP contribution in [0.4, 0.5) is 5.69 Å². The fourth-order valence-electron chi connectivity index (χ4n) is 3.24. The van der Waals surface area contributed by atoms with Crippen LogP contribution in [0.15, 0.2) is 34.5 Å². The number of carboxylic acids is 1. The lowest BCUT2D eigenvalue weighted by Gasteiger charge is -2.29. The molecule has 1 unspecified atom stereocenters. The van der Waals surface area contributed by atoms with Gasteiger partial charge in [-0.1, -0.05) is 23.9 Å². The smallest absolute Gasteiger partial charge is 0.355 e. The molecule has 134 valence electrons.